The van der Waals surface area contributed by atoms with Gasteiger partial charge in [-0.2, -0.15) is 0 Å². The Kier molecular flexibility index (Phi) is 885. The van der Waals surface area contributed by atoms with Gasteiger partial charge in [0.25, 0.3) is 0 Å². The molecule has 0 radical (unpaired) electrons. The second-order valence-electron chi connectivity index (χ2n) is 3.80. The molecule has 9 nitrogen and oxygen atoms in total. The highest BCUT2D eigenvalue weighted by molar-refractivity contribution is 5.69. The summed E-state index contributed by atoms with van der Waals surface area (Å²) in [5, 5.41) is 21.0. The summed E-state index contributed by atoms with van der Waals surface area (Å²) < 4.78 is 4.37. The molecule has 0 saturated heterocycles. The monoisotopic (exact) mass is 598 g/mol. The van der Waals surface area contributed by atoms with E-state index in [0.717, 1.165) is 13.1 Å². The molecular weight excluding hydrogens is 494 g/mol. The SMILES string of the molecule is C.C.C.C.C.C.C.C.C.C.C.C.C.C.C.C.C.C.CNCCC(=O)OC.CNCCNC.CNCC[N+](=O)[O-]. The van der Waals surface area contributed by atoms with Gasteiger partial charge in [-0.3, -0.25) is 14.9 Å². The standard InChI is InChI=1S/C5H11NO2.C4H12N2.C3H8N2O2.18CH4/c1-6-4-3-5(7)8-2;1-5-3-4-6-2;1-4-2-3-5(6)7;;;;;;;;;;;;;;;;;;/h6H,3-4H2,1-2H3;5-6H,3-4H2,1-2H3;4H,2-3H2,1H3;18*1H4. The predicted octanol–water partition coefficient (Wildman–Crippen LogP) is 10.1. The number of nitrogens with one attached hydrogen (secondary N) is 4. The van der Waals surface area contributed by atoms with Gasteiger partial charge >= 0.3 is 5.97 Å². The molecule has 0 spiro atoms. The van der Waals surface area contributed by atoms with Crippen LogP contribution in [0.2, 0.25) is 0 Å². The molecule has 0 aromatic heterocycles. The largest absolute Gasteiger partial charge is 0.469 e. The number of methoxy groups -OCH3 is 1. The van der Waals surface area contributed by atoms with Crippen molar-refractivity contribution in [3.05, 3.63) is 10.1 Å². The lowest BCUT2D eigenvalue weighted by Gasteiger charge is -1.95. The summed E-state index contributed by atoms with van der Waals surface area (Å²) in [6, 6.07) is 0. The molecule has 0 aliphatic rings. The minimum Gasteiger partial charge on any atom is -0.469 e. The third-order valence-electron chi connectivity index (χ3n) is 1.98. The Balaban J connectivity index is -0.00000000535. The zero-order valence-corrected chi connectivity index (χ0v) is 13.8. The van der Waals surface area contributed by atoms with Gasteiger partial charge in [-0.1, -0.05) is 134 Å². The zero-order valence-electron chi connectivity index (χ0n) is 13.8. The summed E-state index contributed by atoms with van der Waals surface area (Å²) >= 11 is 0. The van der Waals surface area contributed by atoms with E-state index in [-0.39, 0.29) is 151 Å². The molecule has 0 fully saturated rings. The van der Waals surface area contributed by atoms with E-state index in [0.29, 0.717) is 19.5 Å². The molecule has 4 N–H and O–H groups in total. The van der Waals surface area contributed by atoms with Gasteiger partial charge in [0, 0.05) is 24.6 Å². The average Bonchev–Trinajstić information content (AvgIpc) is 2.49. The summed E-state index contributed by atoms with van der Waals surface area (Å²) in [5.41, 5.74) is 0. The quantitative estimate of drug-likeness (QED) is 0.0897. The first kappa shape index (κ1) is 182. The Bertz CT molecular complexity index is 235. The van der Waals surface area contributed by atoms with Crippen molar-refractivity contribution in [3.63, 3.8) is 0 Å². The molecule has 0 unspecified atom stereocenters. The van der Waals surface area contributed by atoms with Crippen molar-refractivity contribution in [1.82, 2.24) is 21.3 Å². The number of carbonyl (C=O) groups excluding carboxylic acids is 1. The van der Waals surface area contributed by atoms with Gasteiger partial charge in [-0.25, -0.2) is 0 Å². The topological polar surface area (TPSA) is 118 Å². The van der Waals surface area contributed by atoms with E-state index in [4.69, 9.17) is 0 Å². The summed E-state index contributed by atoms with van der Waals surface area (Å²) in [7, 11) is 8.75. The fourth-order valence-corrected chi connectivity index (χ4v) is 0.782. The van der Waals surface area contributed by atoms with Gasteiger partial charge in [-0.15, -0.1) is 0 Å². The predicted molar refractivity (Wildman–Crippen MR) is 205 cm³/mol. The number of rotatable bonds is 9. The molecule has 0 bridgehead atoms. The van der Waals surface area contributed by atoms with Gasteiger partial charge in [-0.05, 0) is 28.2 Å². The fourth-order valence-electron chi connectivity index (χ4n) is 0.782. The van der Waals surface area contributed by atoms with E-state index >= 15 is 0 Å². The maximum Gasteiger partial charge on any atom is 0.306 e. The van der Waals surface area contributed by atoms with Crippen LogP contribution in [-0.4, -0.2) is 78.9 Å². The fraction of sp³-hybridized carbons (Fsp3) is 0.967. The molecule has 39 heavy (non-hydrogen) atoms. The number of hydrogen-bond acceptors (Lipinski definition) is 8. The highest BCUT2D eigenvalue weighted by Crippen LogP contribution is 1.78. The molecular formula is C30H103N5O4. The Morgan fingerprint density at radius 3 is 0.897 bits per heavy atom. The number of hydrogen-bond donors (Lipinski definition) is 4. The van der Waals surface area contributed by atoms with E-state index in [9.17, 15) is 14.9 Å². The minimum absolute atomic E-state index is 0. The van der Waals surface area contributed by atoms with Crippen LogP contribution in [0.5, 0.6) is 0 Å². The summed E-state index contributed by atoms with van der Waals surface area (Å²) in [4.78, 5) is 19.5. The van der Waals surface area contributed by atoms with Crippen LogP contribution in [0, 0.1) is 10.1 Å². The molecule has 0 saturated carbocycles. The van der Waals surface area contributed by atoms with Crippen LogP contribution >= 0.6 is 0 Å². The van der Waals surface area contributed by atoms with Crippen LogP contribution in [0.25, 0.3) is 0 Å². The first-order valence-corrected chi connectivity index (χ1v) is 6.77. The first-order chi connectivity index (χ1) is 9.99. The minimum atomic E-state index is -0.351. The van der Waals surface area contributed by atoms with Crippen LogP contribution in [0.4, 0.5) is 0 Å². The molecule has 0 aromatic rings. The van der Waals surface area contributed by atoms with Crippen LogP contribution in [0.15, 0.2) is 0 Å². The molecule has 0 aromatic carbocycles. The number of likely N-dealkylation sites (N-methyl/N-ethyl adjacent to an activating group) is 3. The first-order valence-electron chi connectivity index (χ1n) is 6.77. The smallest absolute Gasteiger partial charge is 0.306 e. The number of esters is 1. The number of nitrogens with zero attached hydrogens (tertiary/aromatic N) is 1. The van der Waals surface area contributed by atoms with E-state index in [1.54, 1.807) is 14.1 Å². The second-order valence-corrected chi connectivity index (χ2v) is 3.80. The average molecular weight is 598 g/mol. The highest BCUT2D eigenvalue weighted by Gasteiger charge is 1.94. The van der Waals surface area contributed by atoms with Crippen molar-refractivity contribution in [2.24, 2.45) is 0 Å². The van der Waals surface area contributed by atoms with Crippen LogP contribution in [-0.2, 0) is 9.53 Å². The summed E-state index contributed by atoms with van der Waals surface area (Å²) in [6.45, 7) is 3.25. The third-order valence-corrected chi connectivity index (χ3v) is 1.98. The van der Waals surface area contributed by atoms with Crippen molar-refractivity contribution in [3.8, 4) is 0 Å². The van der Waals surface area contributed by atoms with Crippen molar-refractivity contribution >= 4 is 5.97 Å². The zero-order chi connectivity index (χ0) is 16.9. The number of carbonyl (C=O) groups is 1. The lowest BCUT2D eigenvalue weighted by atomic mass is 10.4. The van der Waals surface area contributed by atoms with Crippen molar-refractivity contribution in [2.75, 3.05) is 68.0 Å². The normalized spacial score (nSPS) is 4.74. The number of ether oxygens (including phenoxy) is 1. The van der Waals surface area contributed by atoms with Crippen molar-refractivity contribution < 1.29 is 14.5 Å². The molecule has 0 aliphatic heterocycles. The maximum atomic E-state index is 10.3. The van der Waals surface area contributed by atoms with Gasteiger partial charge in [0.05, 0.1) is 20.1 Å². The summed E-state index contributed by atoms with van der Waals surface area (Å²) in [5.74, 6) is -0.167. The maximum absolute atomic E-state index is 10.3. The second kappa shape index (κ2) is 190. The van der Waals surface area contributed by atoms with Crippen molar-refractivity contribution in [1.29, 1.82) is 0 Å². The van der Waals surface area contributed by atoms with Gasteiger partial charge in [0.15, 0.2) is 0 Å². The van der Waals surface area contributed by atoms with Crippen molar-refractivity contribution in [2.45, 2.75) is 140 Å². The highest BCUT2D eigenvalue weighted by atomic mass is 16.6. The van der Waals surface area contributed by atoms with Crippen LogP contribution in [0.1, 0.15) is 140 Å². The van der Waals surface area contributed by atoms with E-state index < -0.39 is 0 Å². The van der Waals surface area contributed by atoms with Gasteiger partial charge < -0.3 is 26.0 Å². The van der Waals surface area contributed by atoms with E-state index in [1.165, 1.54) is 7.11 Å². The number of nitro groups is 1. The molecule has 0 amide bonds. The van der Waals surface area contributed by atoms with Crippen LogP contribution < -0.4 is 21.3 Å². The lowest BCUT2D eigenvalue weighted by molar-refractivity contribution is -0.477. The van der Waals surface area contributed by atoms with Crippen LogP contribution in [0.3, 0.4) is 0 Å². The van der Waals surface area contributed by atoms with E-state index in [1.807, 2.05) is 14.1 Å². The molecule has 9 heteroatoms. The molecule has 0 aliphatic carbocycles. The molecule has 0 heterocycles. The molecule has 0 atom stereocenters. The Morgan fingerprint density at radius 1 is 0.538 bits per heavy atom. The Morgan fingerprint density at radius 2 is 0.769 bits per heavy atom. The van der Waals surface area contributed by atoms with Gasteiger partial charge in [0.1, 0.15) is 0 Å². The Hall–Kier alpha value is -1.29. The summed E-state index contributed by atoms with van der Waals surface area (Å²) in [6.07, 6.45) is 0.451. The van der Waals surface area contributed by atoms with E-state index in [2.05, 4.69) is 26.0 Å². The third kappa shape index (κ3) is 323. The lowest BCUT2D eigenvalue weighted by Crippen LogP contribution is -2.21. The Labute approximate surface area is 260 Å². The van der Waals surface area contributed by atoms with Gasteiger partial charge in [0.2, 0.25) is 6.54 Å². The molecule has 272 valence electrons. The molecule has 0 rings (SSSR count).